The zero-order valence-corrected chi connectivity index (χ0v) is 12.4. The Morgan fingerprint density at radius 1 is 1.11 bits per heavy atom. The second-order valence-corrected chi connectivity index (χ2v) is 5.11. The van der Waals surface area contributed by atoms with Gasteiger partial charge in [0.15, 0.2) is 0 Å². The van der Waals surface area contributed by atoms with Crippen molar-refractivity contribution in [1.29, 1.82) is 0 Å². The third kappa shape index (κ3) is 3.15. The van der Waals surface area contributed by atoms with Crippen LogP contribution in [0.15, 0.2) is 53.0 Å². The minimum atomic E-state index is -0.166. The normalized spacial score (nSPS) is 10.1. The van der Waals surface area contributed by atoms with E-state index in [1.165, 1.54) is 0 Å². The highest BCUT2D eigenvalue weighted by Crippen LogP contribution is 2.25. The lowest BCUT2D eigenvalue weighted by Crippen LogP contribution is -2.31. The Labute approximate surface area is 121 Å². The molecule has 0 aromatic heterocycles. The summed E-state index contributed by atoms with van der Waals surface area (Å²) in [7, 11) is 1.74. The molecule has 2 rings (SSSR count). The molecule has 0 unspecified atom stereocenters. The first kappa shape index (κ1) is 13.6. The SMILES string of the molecule is Cc1ccccc1NC(=O)N(C)c1ccccc1Br. The molecule has 0 radical (unpaired) electrons. The van der Waals surface area contributed by atoms with Crippen LogP contribution >= 0.6 is 15.9 Å². The third-order valence-corrected chi connectivity index (χ3v) is 3.58. The van der Waals surface area contributed by atoms with Crippen LogP contribution in [0.4, 0.5) is 16.2 Å². The smallest absolute Gasteiger partial charge is 0.307 e. The molecule has 4 heteroatoms. The van der Waals surface area contributed by atoms with E-state index in [2.05, 4.69) is 21.2 Å². The molecule has 2 aromatic rings. The molecule has 2 aromatic carbocycles. The molecule has 0 saturated heterocycles. The zero-order valence-electron chi connectivity index (χ0n) is 10.9. The van der Waals surface area contributed by atoms with Gasteiger partial charge in [0.05, 0.1) is 5.69 Å². The fourth-order valence-corrected chi connectivity index (χ4v) is 2.30. The summed E-state index contributed by atoms with van der Waals surface area (Å²) < 4.78 is 0.887. The van der Waals surface area contributed by atoms with Gasteiger partial charge in [0.2, 0.25) is 0 Å². The third-order valence-electron chi connectivity index (χ3n) is 2.91. The van der Waals surface area contributed by atoms with Crippen molar-refractivity contribution in [3.63, 3.8) is 0 Å². The Balaban J connectivity index is 2.17. The number of amides is 2. The fourth-order valence-electron chi connectivity index (χ4n) is 1.75. The number of hydrogen-bond donors (Lipinski definition) is 1. The maximum absolute atomic E-state index is 12.2. The quantitative estimate of drug-likeness (QED) is 0.873. The summed E-state index contributed by atoms with van der Waals surface area (Å²) in [6.45, 7) is 1.97. The molecular formula is C15H15BrN2O. The molecule has 0 aliphatic rings. The maximum atomic E-state index is 12.2. The van der Waals surface area contributed by atoms with E-state index in [-0.39, 0.29) is 6.03 Å². The maximum Gasteiger partial charge on any atom is 0.326 e. The van der Waals surface area contributed by atoms with E-state index in [1.807, 2.05) is 55.5 Å². The summed E-state index contributed by atoms with van der Waals surface area (Å²) >= 11 is 3.44. The number of hydrogen-bond acceptors (Lipinski definition) is 1. The van der Waals surface area contributed by atoms with E-state index in [4.69, 9.17) is 0 Å². The van der Waals surface area contributed by atoms with E-state index in [9.17, 15) is 4.79 Å². The van der Waals surface area contributed by atoms with E-state index in [0.717, 1.165) is 21.4 Å². The molecule has 1 N–H and O–H groups in total. The predicted octanol–water partition coefficient (Wildman–Crippen LogP) is 4.43. The van der Waals surface area contributed by atoms with E-state index < -0.39 is 0 Å². The highest BCUT2D eigenvalue weighted by atomic mass is 79.9. The Morgan fingerprint density at radius 3 is 2.42 bits per heavy atom. The van der Waals surface area contributed by atoms with Gasteiger partial charge in [0.1, 0.15) is 0 Å². The van der Waals surface area contributed by atoms with Crippen LogP contribution in [0.1, 0.15) is 5.56 Å². The first-order valence-electron chi connectivity index (χ1n) is 5.94. The van der Waals surface area contributed by atoms with Crippen molar-refractivity contribution in [2.75, 3.05) is 17.3 Å². The number of benzene rings is 2. The molecule has 2 amide bonds. The minimum Gasteiger partial charge on any atom is -0.307 e. The lowest BCUT2D eigenvalue weighted by atomic mass is 10.2. The van der Waals surface area contributed by atoms with E-state index >= 15 is 0 Å². The molecule has 19 heavy (non-hydrogen) atoms. The number of halogens is 1. The molecule has 0 saturated carbocycles. The van der Waals surface area contributed by atoms with E-state index in [1.54, 1.807) is 11.9 Å². The standard InChI is InChI=1S/C15H15BrN2O/c1-11-7-3-5-9-13(11)17-15(19)18(2)14-10-6-4-8-12(14)16/h3-10H,1-2H3,(H,17,19). The molecule has 0 heterocycles. The van der Waals surface area contributed by atoms with Crippen molar-refractivity contribution >= 4 is 33.3 Å². The number of anilines is 2. The van der Waals surface area contributed by atoms with Crippen molar-refractivity contribution in [2.45, 2.75) is 6.92 Å². The van der Waals surface area contributed by atoms with Crippen LogP contribution in [0.5, 0.6) is 0 Å². The highest BCUT2D eigenvalue weighted by Gasteiger charge is 2.13. The highest BCUT2D eigenvalue weighted by molar-refractivity contribution is 9.10. The van der Waals surface area contributed by atoms with Crippen LogP contribution in [0, 0.1) is 6.92 Å². The summed E-state index contributed by atoms with van der Waals surface area (Å²) in [5, 5.41) is 2.90. The molecule has 0 spiro atoms. The second-order valence-electron chi connectivity index (χ2n) is 4.26. The number of aryl methyl sites for hydroxylation is 1. The average molecular weight is 319 g/mol. The molecule has 98 valence electrons. The first-order valence-corrected chi connectivity index (χ1v) is 6.74. The first-order chi connectivity index (χ1) is 9.09. The Kier molecular flexibility index (Phi) is 4.22. The van der Waals surface area contributed by atoms with Crippen molar-refractivity contribution < 1.29 is 4.79 Å². The average Bonchev–Trinajstić information content (AvgIpc) is 2.41. The van der Waals surface area contributed by atoms with Crippen molar-refractivity contribution in [3.05, 3.63) is 58.6 Å². The molecule has 0 bridgehead atoms. The number of para-hydroxylation sites is 2. The lowest BCUT2D eigenvalue weighted by Gasteiger charge is -2.20. The van der Waals surface area contributed by atoms with Gasteiger partial charge in [-0.25, -0.2) is 4.79 Å². The summed E-state index contributed by atoms with van der Waals surface area (Å²) in [5.74, 6) is 0. The van der Waals surface area contributed by atoms with Gasteiger partial charge in [0, 0.05) is 17.2 Å². The van der Waals surface area contributed by atoms with Gasteiger partial charge in [-0.1, -0.05) is 30.3 Å². The molecule has 0 atom stereocenters. The molecular weight excluding hydrogens is 304 g/mol. The van der Waals surface area contributed by atoms with Gasteiger partial charge in [-0.2, -0.15) is 0 Å². The Bertz CT molecular complexity index is 598. The number of urea groups is 1. The summed E-state index contributed by atoms with van der Waals surface area (Å²) in [6, 6.07) is 15.2. The minimum absolute atomic E-state index is 0.166. The lowest BCUT2D eigenvalue weighted by molar-refractivity contribution is 0.258. The van der Waals surface area contributed by atoms with Gasteiger partial charge in [-0.05, 0) is 46.6 Å². The summed E-state index contributed by atoms with van der Waals surface area (Å²) in [5.41, 5.74) is 2.69. The molecule has 0 aliphatic heterocycles. The molecule has 0 fully saturated rings. The van der Waals surface area contributed by atoms with Crippen LogP contribution in [0.2, 0.25) is 0 Å². The van der Waals surface area contributed by atoms with Gasteiger partial charge in [0.25, 0.3) is 0 Å². The van der Waals surface area contributed by atoms with Gasteiger partial charge in [-0.15, -0.1) is 0 Å². The largest absolute Gasteiger partial charge is 0.326 e. The summed E-state index contributed by atoms with van der Waals surface area (Å²) in [4.78, 5) is 13.8. The van der Waals surface area contributed by atoms with Gasteiger partial charge >= 0.3 is 6.03 Å². The Hall–Kier alpha value is -1.81. The van der Waals surface area contributed by atoms with Crippen molar-refractivity contribution in [1.82, 2.24) is 0 Å². The van der Waals surface area contributed by atoms with Crippen LogP contribution < -0.4 is 10.2 Å². The summed E-state index contributed by atoms with van der Waals surface area (Å²) in [6.07, 6.45) is 0. The van der Waals surface area contributed by atoms with Crippen LogP contribution in [0.3, 0.4) is 0 Å². The van der Waals surface area contributed by atoms with Gasteiger partial charge < -0.3 is 5.32 Å². The van der Waals surface area contributed by atoms with Crippen LogP contribution in [-0.4, -0.2) is 13.1 Å². The molecule has 0 aliphatic carbocycles. The number of rotatable bonds is 2. The zero-order chi connectivity index (χ0) is 13.8. The monoisotopic (exact) mass is 318 g/mol. The van der Waals surface area contributed by atoms with E-state index in [0.29, 0.717) is 0 Å². The predicted molar refractivity (Wildman–Crippen MR) is 82.7 cm³/mol. The molecule has 3 nitrogen and oxygen atoms in total. The number of carbonyl (C=O) groups excluding carboxylic acids is 1. The van der Waals surface area contributed by atoms with Crippen LogP contribution in [0.25, 0.3) is 0 Å². The number of carbonyl (C=O) groups is 1. The van der Waals surface area contributed by atoms with Crippen molar-refractivity contribution in [2.24, 2.45) is 0 Å². The fraction of sp³-hybridized carbons (Fsp3) is 0.133. The van der Waals surface area contributed by atoms with Crippen molar-refractivity contribution in [3.8, 4) is 0 Å². The topological polar surface area (TPSA) is 32.3 Å². The second kappa shape index (κ2) is 5.89. The Morgan fingerprint density at radius 2 is 1.74 bits per heavy atom. The van der Waals surface area contributed by atoms with Crippen LogP contribution in [-0.2, 0) is 0 Å². The number of nitrogens with one attached hydrogen (secondary N) is 1. The number of nitrogens with zero attached hydrogens (tertiary/aromatic N) is 1. The van der Waals surface area contributed by atoms with Gasteiger partial charge in [-0.3, -0.25) is 4.90 Å².